The van der Waals surface area contributed by atoms with Gasteiger partial charge in [-0.25, -0.2) is 0 Å². The molecule has 2 nitrogen and oxygen atoms in total. The maximum absolute atomic E-state index is 11.9. The van der Waals surface area contributed by atoms with Gasteiger partial charge in [-0.3, -0.25) is 9.59 Å². The molecule has 0 atom stereocenters. The second kappa shape index (κ2) is 6.07. The monoisotopic (exact) mass is 278 g/mol. The molecule has 4 heteroatoms. The average Bonchev–Trinajstić information content (AvgIpc) is 3.05. The highest BCUT2D eigenvalue weighted by Gasteiger charge is 2.13. The van der Waals surface area contributed by atoms with E-state index in [4.69, 9.17) is 0 Å². The Labute approximate surface area is 114 Å². The molecule has 0 N–H and O–H groups in total. The summed E-state index contributed by atoms with van der Waals surface area (Å²) in [4.78, 5) is 26.4. The minimum atomic E-state index is 0.0608. The number of carbonyl (C=O) groups is 2. The van der Waals surface area contributed by atoms with Crippen LogP contribution in [-0.4, -0.2) is 11.6 Å². The van der Waals surface area contributed by atoms with Gasteiger partial charge in [0.15, 0.2) is 11.6 Å². The van der Waals surface area contributed by atoms with Crippen LogP contribution in [0, 0.1) is 0 Å². The summed E-state index contributed by atoms with van der Waals surface area (Å²) in [6, 6.07) is 7.50. The molecule has 2 heterocycles. The summed E-state index contributed by atoms with van der Waals surface area (Å²) in [7, 11) is 0. The van der Waals surface area contributed by atoms with Gasteiger partial charge in [0.05, 0.1) is 9.75 Å². The lowest BCUT2D eigenvalue weighted by Gasteiger charge is -1.97. The SMILES string of the molecule is CCc1ccc(C(=O)CCC(=O)c2cccs2)s1. The Kier molecular flexibility index (Phi) is 4.44. The van der Waals surface area contributed by atoms with E-state index in [9.17, 15) is 9.59 Å². The summed E-state index contributed by atoms with van der Waals surface area (Å²) in [5.74, 6) is 0.134. The molecule has 0 aromatic carbocycles. The van der Waals surface area contributed by atoms with Crippen molar-refractivity contribution in [2.24, 2.45) is 0 Å². The third-order valence-corrected chi connectivity index (χ3v) is 4.84. The molecule has 0 amide bonds. The van der Waals surface area contributed by atoms with Crippen LogP contribution >= 0.6 is 22.7 Å². The lowest BCUT2D eigenvalue weighted by molar-refractivity contribution is 0.0921. The Morgan fingerprint density at radius 2 is 1.78 bits per heavy atom. The predicted octanol–water partition coefficient (Wildman–Crippen LogP) is 4.22. The quantitative estimate of drug-likeness (QED) is 0.741. The Morgan fingerprint density at radius 3 is 2.33 bits per heavy atom. The van der Waals surface area contributed by atoms with E-state index in [1.165, 1.54) is 27.6 Å². The fourth-order valence-corrected chi connectivity index (χ4v) is 3.24. The van der Waals surface area contributed by atoms with E-state index in [-0.39, 0.29) is 11.6 Å². The Bertz CT molecular complexity index is 538. The summed E-state index contributed by atoms with van der Waals surface area (Å²) < 4.78 is 0. The highest BCUT2D eigenvalue weighted by Crippen LogP contribution is 2.20. The third kappa shape index (κ3) is 3.15. The van der Waals surface area contributed by atoms with Gasteiger partial charge in [-0.2, -0.15) is 0 Å². The average molecular weight is 278 g/mol. The molecule has 2 aromatic rings. The summed E-state index contributed by atoms with van der Waals surface area (Å²) in [6.07, 6.45) is 1.56. The molecule has 0 unspecified atom stereocenters. The second-order valence-corrected chi connectivity index (χ2v) is 6.06. The van der Waals surface area contributed by atoms with Gasteiger partial charge in [0, 0.05) is 17.7 Å². The number of hydrogen-bond acceptors (Lipinski definition) is 4. The smallest absolute Gasteiger partial charge is 0.173 e. The molecule has 0 spiro atoms. The molecule has 0 aliphatic rings. The Balaban J connectivity index is 1.90. The van der Waals surface area contributed by atoms with Crippen LogP contribution in [0.25, 0.3) is 0 Å². The zero-order chi connectivity index (χ0) is 13.0. The zero-order valence-corrected chi connectivity index (χ0v) is 11.8. The van der Waals surface area contributed by atoms with Crippen LogP contribution in [0.5, 0.6) is 0 Å². The van der Waals surface area contributed by atoms with Crippen molar-refractivity contribution in [2.75, 3.05) is 0 Å². The molecule has 94 valence electrons. The normalized spacial score (nSPS) is 10.5. The summed E-state index contributed by atoms with van der Waals surface area (Å²) in [6.45, 7) is 2.07. The molecule has 0 saturated heterocycles. The molecule has 0 saturated carbocycles. The fraction of sp³-hybridized carbons (Fsp3) is 0.286. The molecule has 0 aliphatic heterocycles. The van der Waals surface area contributed by atoms with Crippen LogP contribution in [0.4, 0.5) is 0 Å². The molecule has 0 aliphatic carbocycles. The van der Waals surface area contributed by atoms with Crippen molar-refractivity contribution >= 4 is 34.2 Å². The van der Waals surface area contributed by atoms with Gasteiger partial charge in [-0.15, -0.1) is 22.7 Å². The number of rotatable bonds is 6. The van der Waals surface area contributed by atoms with Crippen LogP contribution in [0.2, 0.25) is 0 Å². The zero-order valence-electron chi connectivity index (χ0n) is 10.1. The van der Waals surface area contributed by atoms with E-state index in [1.807, 2.05) is 23.6 Å². The second-order valence-electron chi connectivity index (χ2n) is 3.94. The number of hydrogen-bond donors (Lipinski definition) is 0. The molecular weight excluding hydrogens is 264 g/mol. The number of carbonyl (C=O) groups excluding carboxylic acids is 2. The molecule has 2 rings (SSSR count). The number of Topliss-reactive ketones (excluding diaryl/α,β-unsaturated/α-hetero) is 2. The predicted molar refractivity (Wildman–Crippen MR) is 75.9 cm³/mol. The van der Waals surface area contributed by atoms with Crippen molar-refractivity contribution in [2.45, 2.75) is 26.2 Å². The van der Waals surface area contributed by atoms with Crippen molar-refractivity contribution in [3.05, 3.63) is 44.3 Å². The number of aryl methyl sites for hydroxylation is 1. The molecule has 0 bridgehead atoms. The van der Waals surface area contributed by atoms with Gasteiger partial charge in [0.1, 0.15) is 0 Å². The maximum atomic E-state index is 11.9. The first-order valence-corrected chi connectivity index (χ1v) is 7.59. The standard InChI is InChI=1S/C14H14O2S2/c1-2-10-5-8-14(18-10)12(16)7-6-11(15)13-4-3-9-17-13/h3-5,8-9H,2,6-7H2,1H3. The van der Waals surface area contributed by atoms with Crippen molar-refractivity contribution in [3.63, 3.8) is 0 Å². The van der Waals surface area contributed by atoms with Crippen molar-refractivity contribution in [3.8, 4) is 0 Å². The van der Waals surface area contributed by atoms with E-state index < -0.39 is 0 Å². The Morgan fingerprint density at radius 1 is 1.06 bits per heavy atom. The number of ketones is 2. The van der Waals surface area contributed by atoms with E-state index >= 15 is 0 Å². The Hall–Kier alpha value is -1.26. The number of thiophene rings is 2. The highest BCUT2D eigenvalue weighted by molar-refractivity contribution is 7.14. The van der Waals surface area contributed by atoms with Crippen LogP contribution in [-0.2, 0) is 6.42 Å². The summed E-state index contributed by atoms with van der Waals surface area (Å²) >= 11 is 2.96. The van der Waals surface area contributed by atoms with E-state index in [1.54, 1.807) is 6.07 Å². The molecule has 18 heavy (non-hydrogen) atoms. The van der Waals surface area contributed by atoms with Crippen LogP contribution in [0.3, 0.4) is 0 Å². The van der Waals surface area contributed by atoms with Crippen LogP contribution in [0.1, 0.15) is 44.0 Å². The first-order chi connectivity index (χ1) is 8.70. The van der Waals surface area contributed by atoms with Crippen molar-refractivity contribution < 1.29 is 9.59 Å². The van der Waals surface area contributed by atoms with Gasteiger partial charge in [0.2, 0.25) is 0 Å². The van der Waals surface area contributed by atoms with Gasteiger partial charge in [-0.05, 0) is 30.0 Å². The van der Waals surface area contributed by atoms with Gasteiger partial charge < -0.3 is 0 Å². The largest absolute Gasteiger partial charge is 0.293 e. The fourth-order valence-electron chi connectivity index (χ4n) is 1.63. The van der Waals surface area contributed by atoms with Crippen LogP contribution < -0.4 is 0 Å². The van der Waals surface area contributed by atoms with Crippen molar-refractivity contribution in [1.29, 1.82) is 0 Å². The molecule has 0 radical (unpaired) electrons. The van der Waals surface area contributed by atoms with E-state index in [2.05, 4.69) is 6.92 Å². The lowest BCUT2D eigenvalue weighted by atomic mass is 10.1. The van der Waals surface area contributed by atoms with Crippen molar-refractivity contribution in [1.82, 2.24) is 0 Å². The van der Waals surface area contributed by atoms with Gasteiger partial charge >= 0.3 is 0 Å². The first kappa shape index (κ1) is 13.2. The van der Waals surface area contributed by atoms with E-state index in [0.717, 1.165) is 16.2 Å². The lowest BCUT2D eigenvalue weighted by Crippen LogP contribution is -2.02. The maximum Gasteiger partial charge on any atom is 0.173 e. The minimum Gasteiger partial charge on any atom is -0.293 e. The van der Waals surface area contributed by atoms with Gasteiger partial charge in [0.25, 0.3) is 0 Å². The summed E-state index contributed by atoms with van der Waals surface area (Å²) in [5, 5.41) is 1.88. The van der Waals surface area contributed by atoms with Gasteiger partial charge in [-0.1, -0.05) is 13.0 Å². The third-order valence-electron chi connectivity index (χ3n) is 2.66. The van der Waals surface area contributed by atoms with E-state index in [0.29, 0.717) is 12.8 Å². The minimum absolute atomic E-state index is 0.0608. The topological polar surface area (TPSA) is 34.1 Å². The molecule has 0 fully saturated rings. The summed E-state index contributed by atoms with van der Waals surface area (Å²) in [5.41, 5.74) is 0. The molecular formula is C14H14O2S2. The van der Waals surface area contributed by atoms with Crippen LogP contribution in [0.15, 0.2) is 29.6 Å². The molecule has 2 aromatic heterocycles. The first-order valence-electron chi connectivity index (χ1n) is 5.89. The highest BCUT2D eigenvalue weighted by atomic mass is 32.1.